The summed E-state index contributed by atoms with van der Waals surface area (Å²) in [4.78, 5) is 23.1. The lowest BCUT2D eigenvalue weighted by atomic mass is 10.1. The molecule has 0 fully saturated rings. The monoisotopic (exact) mass is 657 g/mol. The molecule has 0 bridgehead atoms. The average molecular weight is 658 g/mol. The number of carbonyl (C=O) groups excluding carboxylic acids is 1. The summed E-state index contributed by atoms with van der Waals surface area (Å²) >= 11 is 0. The van der Waals surface area contributed by atoms with Crippen LogP contribution < -0.4 is 10.1 Å². The van der Waals surface area contributed by atoms with Crippen LogP contribution in [0.15, 0.2) is 66.7 Å². The Bertz CT molecular complexity index is 1690. The van der Waals surface area contributed by atoms with Crippen molar-refractivity contribution in [2.24, 2.45) is 0 Å². The lowest BCUT2D eigenvalue weighted by Crippen LogP contribution is -2.22. The summed E-state index contributed by atoms with van der Waals surface area (Å²) in [5.41, 5.74) is 1.93. The van der Waals surface area contributed by atoms with Gasteiger partial charge in [-0.15, -0.1) is 23.4 Å². The van der Waals surface area contributed by atoms with Gasteiger partial charge in [-0.2, -0.15) is 0 Å². The molecule has 1 aromatic heterocycles. The molecule has 0 atom stereocenters. The smallest absolute Gasteiger partial charge is 0.466 e. The maximum absolute atomic E-state index is 12.9. The van der Waals surface area contributed by atoms with Crippen molar-refractivity contribution in [3.63, 3.8) is 0 Å². The van der Waals surface area contributed by atoms with Crippen molar-refractivity contribution in [3.8, 4) is 28.5 Å². The minimum absolute atomic E-state index is 0.0400. The van der Waals surface area contributed by atoms with Gasteiger partial charge in [-0.25, -0.2) is 0 Å². The van der Waals surface area contributed by atoms with Crippen LogP contribution in [0.1, 0.15) is 12.5 Å². The third kappa shape index (κ3) is 9.62. The molecule has 46 heavy (non-hydrogen) atoms. The summed E-state index contributed by atoms with van der Waals surface area (Å²) in [7, 11) is -1.40. The van der Waals surface area contributed by atoms with Gasteiger partial charge >= 0.3 is 12.3 Å². The number of nitrogens with zero attached hydrogens (tertiary/aromatic N) is 4. The second-order valence-corrected chi connectivity index (χ2v) is 17.1. The van der Waals surface area contributed by atoms with E-state index in [1.165, 1.54) is 30.3 Å². The van der Waals surface area contributed by atoms with Crippen molar-refractivity contribution in [1.29, 1.82) is 0 Å². The van der Waals surface area contributed by atoms with Crippen LogP contribution in [0.25, 0.3) is 22.8 Å². The van der Waals surface area contributed by atoms with Crippen molar-refractivity contribution in [1.82, 2.24) is 14.8 Å². The first-order valence-corrected chi connectivity index (χ1v) is 18.1. The topological polar surface area (TPSA) is 131 Å². The van der Waals surface area contributed by atoms with Gasteiger partial charge < -0.3 is 19.5 Å². The number of alkyl halides is 3. The van der Waals surface area contributed by atoms with Gasteiger partial charge in [-0.05, 0) is 49.4 Å². The average Bonchev–Trinajstić information content (AvgIpc) is 3.39. The molecule has 3 aromatic carbocycles. The predicted molar refractivity (Wildman–Crippen MR) is 168 cm³/mol. The van der Waals surface area contributed by atoms with E-state index in [1.54, 1.807) is 47.9 Å². The molecule has 4 rings (SSSR count). The van der Waals surface area contributed by atoms with Gasteiger partial charge in [-0.1, -0.05) is 43.9 Å². The number of nitro groups is 1. The number of nitrogens with one attached hydrogen (secondary N) is 1. The first-order chi connectivity index (χ1) is 21.7. The van der Waals surface area contributed by atoms with E-state index in [9.17, 15) is 28.1 Å². The summed E-state index contributed by atoms with van der Waals surface area (Å²) in [6, 6.07) is 17.9. The third-order valence-electron chi connectivity index (χ3n) is 6.62. The normalized spacial score (nSPS) is 11.7. The highest BCUT2D eigenvalue weighted by Gasteiger charge is 2.31. The summed E-state index contributed by atoms with van der Waals surface area (Å²) in [6.45, 7) is 9.01. The number of benzene rings is 3. The maximum Gasteiger partial charge on any atom is 0.573 e. The standard InChI is InChI=1S/C31H34F3N5O6Si/c1-5-44-28(40)18-21-12-13-25(19-27(21)39(41)42)35-24-10-6-8-22(16-24)29-36-37-30(38(29)20-43-14-15-46(2,3)4)23-9-7-11-26(17-23)45-31(32,33)34/h6-13,16-17,19,35H,5,14-15,18,20H2,1-4H3. The number of carbonyl (C=O) groups is 1. The fourth-order valence-corrected chi connectivity index (χ4v) is 5.21. The molecule has 0 saturated carbocycles. The molecule has 4 aromatic rings. The Balaban J connectivity index is 1.65. The molecule has 0 unspecified atom stereocenters. The van der Waals surface area contributed by atoms with E-state index < -0.39 is 31.1 Å². The summed E-state index contributed by atoms with van der Waals surface area (Å²) in [6.07, 6.45) is -5.09. The number of hydrogen-bond acceptors (Lipinski definition) is 9. The van der Waals surface area contributed by atoms with Crippen LogP contribution in [0.5, 0.6) is 5.75 Å². The molecule has 1 heterocycles. The molecular formula is C31H34F3N5O6Si. The number of ether oxygens (including phenoxy) is 3. The quantitative estimate of drug-likeness (QED) is 0.0479. The van der Waals surface area contributed by atoms with E-state index in [4.69, 9.17) is 9.47 Å². The third-order valence-corrected chi connectivity index (χ3v) is 8.33. The van der Waals surface area contributed by atoms with Crippen LogP contribution in [-0.2, 0) is 27.4 Å². The molecule has 0 radical (unpaired) electrons. The van der Waals surface area contributed by atoms with Crippen LogP contribution in [0.3, 0.4) is 0 Å². The Labute approximate surface area is 264 Å². The van der Waals surface area contributed by atoms with Crippen LogP contribution in [0, 0.1) is 10.1 Å². The van der Waals surface area contributed by atoms with Crippen LogP contribution in [0.4, 0.5) is 30.2 Å². The van der Waals surface area contributed by atoms with Gasteiger partial charge in [0, 0.05) is 48.8 Å². The Morgan fingerprint density at radius 3 is 2.26 bits per heavy atom. The van der Waals surface area contributed by atoms with Gasteiger partial charge in [0.15, 0.2) is 11.6 Å². The number of hydrogen-bond donors (Lipinski definition) is 1. The lowest BCUT2D eigenvalue weighted by molar-refractivity contribution is -0.385. The molecule has 244 valence electrons. The van der Waals surface area contributed by atoms with E-state index in [2.05, 4.69) is 39.9 Å². The van der Waals surface area contributed by atoms with Gasteiger partial charge in [-0.3, -0.25) is 19.5 Å². The maximum atomic E-state index is 12.9. The second kappa shape index (κ2) is 14.6. The van der Waals surface area contributed by atoms with E-state index in [0.717, 1.165) is 6.04 Å². The molecular weight excluding hydrogens is 623 g/mol. The van der Waals surface area contributed by atoms with Crippen molar-refractivity contribution in [2.45, 2.75) is 52.1 Å². The molecule has 0 aliphatic heterocycles. The summed E-state index contributed by atoms with van der Waals surface area (Å²) < 4.78 is 55.4. The molecule has 0 aliphatic rings. The Morgan fingerprint density at radius 1 is 0.978 bits per heavy atom. The number of aromatic nitrogens is 3. The zero-order valence-electron chi connectivity index (χ0n) is 25.8. The Kier molecular flexibility index (Phi) is 10.8. The van der Waals surface area contributed by atoms with E-state index in [-0.39, 0.29) is 36.8 Å². The number of nitro benzene ring substituents is 1. The van der Waals surface area contributed by atoms with Gasteiger partial charge in [0.25, 0.3) is 5.69 Å². The SMILES string of the molecule is CCOC(=O)Cc1ccc(Nc2cccc(-c3nnc(-c4cccc(OC(F)(F)F)c4)n3COCC[Si](C)(C)C)c2)cc1[N+](=O)[O-]. The lowest BCUT2D eigenvalue weighted by Gasteiger charge is -2.17. The highest BCUT2D eigenvalue weighted by atomic mass is 28.3. The van der Waals surface area contributed by atoms with Crippen molar-refractivity contribution in [2.75, 3.05) is 18.5 Å². The zero-order valence-corrected chi connectivity index (χ0v) is 26.8. The minimum Gasteiger partial charge on any atom is -0.466 e. The summed E-state index contributed by atoms with van der Waals surface area (Å²) in [5.74, 6) is -0.285. The molecule has 11 nitrogen and oxygen atoms in total. The van der Waals surface area contributed by atoms with Crippen LogP contribution in [-0.4, -0.2) is 53.3 Å². The number of halogens is 3. The number of rotatable bonds is 14. The van der Waals surface area contributed by atoms with Crippen molar-refractivity contribution in [3.05, 3.63) is 82.4 Å². The fourth-order valence-electron chi connectivity index (χ4n) is 4.45. The molecule has 0 spiro atoms. The predicted octanol–water partition coefficient (Wildman–Crippen LogP) is 7.58. The Morgan fingerprint density at radius 2 is 1.63 bits per heavy atom. The highest BCUT2D eigenvalue weighted by Crippen LogP contribution is 2.32. The molecule has 15 heteroatoms. The Hall–Kier alpha value is -4.76. The van der Waals surface area contributed by atoms with Gasteiger partial charge in [0.05, 0.1) is 18.0 Å². The minimum atomic E-state index is -4.85. The molecule has 0 saturated heterocycles. The van der Waals surface area contributed by atoms with E-state index in [0.29, 0.717) is 34.9 Å². The van der Waals surface area contributed by atoms with E-state index >= 15 is 0 Å². The van der Waals surface area contributed by atoms with Crippen LogP contribution in [0.2, 0.25) is 25.7 Å². The number of anilines is 2. The molecule has 1 N–H and O–H groups in total. The highest BCUT2D eigenvalue weighted by molar-refractivity contribution is 6.76. The largest absolute Gasteiger partial charge is 0.573 e. The molecule has 0 aliphatic carbocycles. The van der Waals surface area contributed by atoms with Gasteiger partial charge in [0.1, 0.15) is 12.5 Å². The van der Waals surface area contributed by atoms with Crippen molar-refractivity contribution < 1.29 is 37.1 Å². The molecule has 0 amide bonds. The van der Waals surface area contributed by atoms with Crippen LogP contribution >= 0.6 is 0 Å². The fraction of sp³-hybridized carbons (Fsp3) is 0.323. The van der Waals surface area contributed by atoms with Crippen molar-refractivity contribution >= 4 is 31.1 Å². The zero-order chi connectivity index (χ0) is 33.5. The first-order valence-electron chi connectivity index (χ1n) is 14.4. The van der Waals surface area contributed by atoms with E-state index in [1.807, 2.05) is 0 Å². The summed E-state index contributed by atoms with van der Waals surface area (Å²) in [5, 5.41) is 23.5. The second-order valence-electron chi connectivity index (χ2n) is 11.5. The van der Waals surface area contributed by atoms with Gasteiger partial charge in [0.2, 0.25) is 0 Å². The number of esters is 1. The first kappa shape index (κ1) is 34.1.